The Bertz CT molecular complexity index is 397. The minimum Gasteiger partial charge on any atom is -0.239 e. The lowest BCUT2D eigenvalue weighted by atomic mass is 10.0. The largest absolute Gasteiger partial charge is 0.239 e. The summed E-state index contributed by atoms with van der Waals surface area (Å²) < 4.78 is 2.00. The Morgan fingerprint density at radius 3 is 2.31 bits per heavy atom. The third kappa shape index (κ3) is 2.40. The predicted octanol–water partition coefficient (Wildman–Crippen LogP) is 3.49. The molecular weight excluding hydrogens is 198 g/mol. The van der Waals surface area contributed by atoms with Crippen molar-refractivity contribution in [1.82, 2.24) is 15.0 Å². The number of hydrogen-bond acceptors (Lipinski definition) is 2. The molecule has 1 aromatic rings. The summed E-state index contributed by atoms with van der Waals surface area (Å²) in [5.41, 5.74) is 2.01. The monoisotopic (exact) mass is 219 g/mol. The van der Waals surface area contributed by atoms with Crippen molar-refractivity contribution in [2.75, 3.05) is 0 Å². The summed E-state index contributed by atoms with van der Waals surface area (Å²) in [6, 6.07) is 0. The average Bonchev–Trinajstić information content (AvgIpc) is 2.64. The molecule has 0 aromatic carbocycles. The van der Waals surface area contributed by atoms with Gasteiger partial charge in [-0.15, -0.1) is 5.10 Å². The molecule has 0 fully saturated rings. The van der Waals surface area contributed by atoms with Gasteiger partial charge in [0.2, 0.25) is 0 Å². The van der Waals surface area contributed by atoms with Crippen molar-refractivity contribution in [1.29, 1.82) is 0 Å². The first-order chi connectivity index (χ1) is 7.56. The molecule has 3 heteroatoms. The van der Waals surface area contributed by atoms with Crippen molar-refractivity contribution in [3.63, 3.8) is 0 Å². The molecule has 0 N–H and O–H groups in total. The van der Waals surface area contributed by atoms with Crippen LogP contribution in [-0.2, 0) is 5.54 Å². The second kappa shape index (κ2) is 5.10. The summed E-state index contributed by atoms with van der Waals surface area (Å²) in [6.07, 6.45) is 9.09. The molecule has 0 radical (unpaired) electrons. The number of rotatable bonds is 4. The Kier molecular flexibility index (Phi) is 4.05. The molecule has 0 aliphatic rings. The summed E-state index contributed by atoms with van der Waals surface area (Å²) in [4.78, 5) is 0. The van der Waals surface area contributed by atoms with E-state index in [0.717, 1.165) is 17.8 Å². The van der Waals surface area contributed by atoms with Crippen LogP contribution in [0.4, 0.5) is 0 Å². The van der Waals surface area contributed by atoms with Crippen LogP contribution in [0.25, 0.3) is 12.2 Å². The fourth-order valence-electron chi connectivity index (χ4n) is 1.49. The van der Waals surface area contributed by atoms with Gasteiger partial charge in [-0.3, -0.25) is 0 Å². The maximum absolute atomic E-state index is 4.26. The fraction of sp³-hybridized carbons (Fsp3) is 0.538. The smallest absolute Gasteiger partial charge is 0.112 e. The van der Waals surface area contributed by atoms with Crippen molar-refractivity contribution in [2.24, 2.45) is 0 Å². The molecule has 16 heavy (non-hydrogen) atoms. The van der Waals surface area contributed by atoms with E-state index in [1.54, 1.807) is 0 Å². The first-order valence-corrected chi connectivity index (χ1v) is 5.78. The van der Waals surface area contributed by atoms with E-state index in [9.17, 15) is 0 Å². The Morgan fingerprint density at radius 1 is 1.19 bits per heavy atom. The Labute approximate surface area is 97.9 Å². The molecule has 0 aliphatic heterocycles. The first kappa shape index (κ1) is 12.7. The van der Waals surface area contributed by atoms with E-state index in [4.69, 9.17) is 0 Å². The summed E-state index contributed by atoms with van der Waals surface area (Å²) in [7, 11) is 0. The molecule has 0 spiro atoms. The van der Waals surface area contributed by atoms with E-state index >= 15 is 0 Å². The van der Waals surface area contributed by atoms with Gasteiger partial charge in [0.25, 0.3) is 0 Å². The van der Waals surface area contributed by atoms with Crippen LogP contribution < -0.4 is 0 Å². The topological polar surface area (TPSA) is 30.7 Å². The van der Waals surface area contributed by atoms with Gasteiger partial charge in [-0.1, -0.05) is 24.3 Å². The fourth-order valence-corrected chi connectivity index (χ4v) is 1.49. The highest BCUT2D eigenvalue weighted by Crippen LogP contribution is 2.23. The van der Waals surface area contributed by atoms with Gasteiger partial charge in [-0.25, -0.2) is 4.68 Å². The summed E-state index contributed by atoms with van der Waals surface area (Å²) in [5, 5.41) is 8.47. The number of aromatic nitrogens is 3. The highest BCUT2D eigenvalue weighted by molar-refractivity contribution is 5.59. The number of allylic oxidation sites excluding steroid dienone is 2. The van der Waals surface area contributed by atoms with Gasteiger partial charge >= 0.3 is 0 Å². The van der Waals surface area contributed by atoms with E-state index in [0.29, 0.717) is 0 Å². The minimum atomic E-state index is 0.00166. The van der Waals surface area contributed by atoms with Crippen molar-refractivity contribution >= 4 is 12.2 Å². The highest BCUT2D eigenvalue weighted by atomic mass is 15.5. The zero-order chi connectivity index (χ0) is 12.2. The predicted molar refractivity (Wildman–Crippen MR) is 69.1 cm³/mol. The lowest BCUT2D eigenvalue weighted by molar-refractivity contribution is 0.299. The van der Waals surface area contributed by atoms with Gasteiger partial charge < -0.3 is 0 Å². The Hall–Kier alpha value is -1.38. The molecule has 0 saturated heterocycles. The van der Waals surface area contributed by atoms with Gasteiger partial charge in [0.1, 0.15) is 5.69 Å². The quantitative estimate of drug-likeness (QED) is 0.776. The van der Waals surface area contributed by atoms with E-state index < -0.39 is 0 Å². The zero-order valence-corrected chi connectivity index (χ0v) is 10.9. The SMILES string of the molecule is C/C=C\c1nnn(C(C)(C)CC)c1/C=C\C. The van der Waals surface area contributed by atoms with Gasteiger partial charge in [0.15, 0.2) is 0 Å². The zero-order valence-electron chi connectivity index (χ0n) is 10.9. The molecular formula is C13H21N3. The first-order valence-electron chi connectivity index (χ1n) is 5.78. The second-order valence-corrected chi connectivity index (χ2v) is 4.44. The molecule has 3 nitrogen and oxygen atoms in total. The molecule has 88 valence electrons. The molecule has 0 unspecified atom stereocenters. The Morgan fingerprint density at radius 2 is 1.81 bits per heavy atom. The molecule has 1 heterocycles. The van der Waals surface area contributed by atoms with Gasteiger partial charge in [0.05, 0.1) is 11.2 Å². The molecule has 1 rings (SSSR count). The van der Waals surface area contributed by atoms with Crippen molar-refractivity contribution < 1.29 is 0 Å². The summed E-state index contributed by atoms with van der Waals surface area (Å²) in [6.45, 7) is 10.5. The summed E-state index contributed by atoms with van der Waals surface area (Å²) in [5.74, 6) is 0. The van der Waals surface area contributed by atoms with Gasteiger partial charge in [-0.05, 0) is 46.3 Å². The lowest BCUT2D eigenvalue weighted by Gasteiger charge is -2.24. The van der Waals surface area contributed by atoms with Crippen LogP contribution in [-0.4, -0.2) is 15.0 Å². The van der Waals surface area contributed by atoms with Crippen molar-refractivity contribution in [3.05, 3.63) is 23.5 Å². The van der Waals surface area contributed by atoms with Crippen LogP contribution in [0.5, 0.6) is 0 Å². The molecule has 0 amide bonds. The minimum absolute atomic E-state index is 0.00166. The Balaban J connectivity index is 3.30. The van der Waals surface area contributed by atoms with Crippen LogP contribution in [0.3, 0.4) is 0 Å². The maximum atomic E-state index is 4.26. The van der Waals surface area contributed by atoms with Crippen LogP contribution in [0, 0.1) is 0 Å². The van der Waals surface area contributed by atoms with E-state index in [1.165, 1.54) is 0 Å². The van der Waals surface area contributed by atoms with Crippen LogP contribution in [0.1, 0.15) is 52.4 Å². The third-order valence-corrected chi connectivity index (χ3v) is 2.82. The normalized spacial score (nSPS) is 13.1. The van der Waals surface area contributed by atoms with Gasteiger partial charge in [0, 0.05) is 0 Å². The third-order valence-electron chi connectivity index (χ3n) is 2.82. The van der Waals surface area contributed by atoms with Crippen molar-refractivity contribution in [2.45, 2.75) is 46.6 Å². The van der Waals surface area contributed by atoms with E-state index in [-0.39, 0.29) is 5.54 Å². The molecule has 0 aliphatic carbocycles. The summed E-state index contributed by atoms with van der Waals surface area (Å²) >= 11 is 0. The average molecular weight is 219 g/mol. The number of nitrogens with zero attached hydrogens (tertiary/aromatic N) is 3. The molecule has 0 saturated carbocycles. The van der Waals surface area contributed by atoms with Crippen LogP contribution in [0.15, 0.2) is 12.2 Å². The standard InChI is InChI=1S/C13H21N3/c1-6-9-11-12(10-7-2)16(15-14-11)13(4,5)8-3/h6-7,9-10H,8H2,1-5H3/b9-6-,10-7-. The van der Waals surface area contributed by atoms with Crippen LogP contribution >= 0.6 is 0 Å². The lowest BCUT2D eigenvalue weighted by Crippen LogP contribution is -2.27. The van der Waals surface area contributed by atoms with Crippen LogP contribution in [0.2, 0.25) is 0 Å². The molecule has 0 bridgehead atoms. The van der Waals surface area contributed by atoms with Gasteiger partial charge in [-0.2, -0.15) is 0 Å². The molecule has 1 aromatic heterocycles. The van der Waals surface area contributed by atoms with Crippen molar-refractivity contribution in [3.8, 4) is 0 Å². The number of hydrogen-bond donors (Lipinski definition) is 0. The maximum Gasteiger partial charge on any atom is 0.112 e. The van der Waals surface area contributed by atoms with E-state index in [1.807, 2.05) is 36.8 Å². The highest BCUT2D eigenvalue weighted by Gasteiger charge is 2.22. The second-order valence-electron chi connectivity index (χ2n) is 4.44. The molecule has 0 atom stereocenters. The van der Waals surface area contributed by atoms with E-state index in [2.05, 4.69) is 37.2 Å².